The van der Waals surface area contributed by atoms with Crippen molar-refractivity contribution in [3.8, 4) is 0 Å². The van der Waals surface area contributed by atoms with Crippen molar-refractivity contribution in [1.29, 1.82) is 0 Å². The van der Waals surface area contributed by atoms with Gasteiger partial charge in [-0.2, -0.15) is 0 Å². The molecule has 0 bridgehead atoms. The smallest absolute Gasteiger partial charge is 0.0590 e. The standard InChI is InChI=1S/C8H18O2.Cr/c1-3-5-8(10)7(4-2)6-9;/h7-10H,3-6H2,1-2H3;. The van der Waals surface area contributed by atoms with Gasteiger partial charge in [-0.05, 0) is 12.8 Å². The number of hydrogen-bond acceptors (Lipinski definition) is 2. The third-order valence-corrected chi connectivity index (χ3v) is 1.89. The summed E-state index contributed by atoms with van der Waals surface area (Å²) in [5.74, 6) is 0.0833. The summed E-state index contributed by atoms with van der Waals surface area (Å²) in [5.41, 5.74) is 0. The van der Waals surface area contributed by atoms with Crippen molar-refractivity contribution in [1.82, 2.24) is 0 Å². The maximum absolute atomic E-state index is 9.35. The SMILES string of the molecule is CCCC(O)C(CC)CO.[Cr]. The van der Waals surface area contributed by atoms with Gasteiger partial charge in [-0.15, -0.1) is 0 Å². The Balaban J connectivity index is 0. The Morgan fingerprint density at radius 2 is 1.82 bits per heavy atom. The minimum Gasteiger partial charge on any atom is -0.396 e. The second-order valence-corrected chi connectivity index (χ2v) is 2.71. The maximum atomic E-state index is 9.35. The van der Waals surface area contributed by atoms with E-state index in [9.17, 15) is 5.11 Å². The molecule has 0 saturated carbocycles. The first kappa shape index (κ1) is 14.0. The van der Waals surface area contributed by atoms with Crippen LogP contribution in [0.25, 0.3) is 0 Å². The van der Waals surface area contributed by atoms with Gasteiger partial charge in [-0.1, -0.05) is 20.3 Å². The summed E-state index contributed by atoms with van der Waals surface area (Å²) in [5, 5.41) is 18.1. The fourth-order valence-corrected chi connectivity index (χ4v) is 1.05. The summed E-state index contributed by atoms with van der Waals surface area (Å²) >= 11 is 0. The largest absolute Gasteiger partial charge is 0.396 e. The van der Waals surface area contributed by atoms with Crippen molar-refractivity contribution in [2.75, 3.05) is 6.61 Å². The molecule has 2 unspecified atom stereocenters. The monoisotopic (exact) mass is 198 g/mol. The first-order chi connectivity index (χ1) is 4.76. The van der Waals surface area contributed by atoms with Crippen molar-refractivity contribution in [3.05, 3.63) is 0 Å². The molecular formula is C8H18CrO2. The van der Waals surface area contributed by atoms with Gasteiger partial charge in [0, 0.05) is 29.9 Å². The van der Waals surface area contributed by atoms with E-state index >= 15 is 0 Å². The molecule has 2 atom stereocenters. The van der Waals surface area contributed by atoms with E-state index in [-0.39, 0.29) is 36.0 Å². The summed E-state index contributed by atoms with van der Waals surface area (Å²) in [6.45, 7) is 4.13. The zero-order chi connectivity index (χ0) is 7.98. The molecule has 0 radical (unpaired) electrons. The van der Waals surface area contributed by atoms with E-state index in [2.05, 4.69) is 0 Å². The molecule has 0 aliphatic heterocycles. The molecule has 0 aromatic rings. The van der Waals surface area contributed by atoms with Crippen molar-refractivity contribution in [2.45, 2.75) is 39.2 Å². The van der Waals surface area contributed by atoms with Crippen LogP contribution >= 0.6 is 0 Å². The Bertz CT molecular complexity index is 74.5. The number of aliphatic hydroxyl groups excluding tert-OH is 2. The normalized spacial score (nSPS) is 15.3. The second-order valence-electron chi connectivity index (χ2n) is 2.71. The van der Waals surface area contributed by atoms with Crippen LogP contribution in [0.3, 0.4) is 0 Å². The predicted octanol–water partition coefficient (Wildman–Crippen LogP) is 1.16. The van der Waals surface area contributed by atoms with Gasteiger partial charge in [0.1, 0.15) is 0 Å². The van der Waals surface area contributed by atoms with Gasteiger partial charge in [0.15, 0.2) is 0 Å². The molecular weight excluding hydrogens is 180 g/mol. The van der Waals surface area contributed by atoms with Gasteiger partial charge >= 0.3 is 0 Å². The predicted molar refractivity (Wildman–Crippen MR) is 41.8 cm³/mol. The third kappa shape index (κ3) is 5.69. The summed E-state index contributed by atoms with van der Waals surface area (Å²) < 4.78 is 0. The summed E-state index contributed by atoms with van der Waals surface area (Å²) in [7, 11) is 0. The fourth-order valence-electron chi connectivity index (χ4n) is 1.05. The van der Waals surface area contributed by atoms with E-state index in [1.165, 1.54) is 0 Å². The molecule has 0 aromatic carbocycles. The molecule has 0 amide bonds. The van der Waals surface area contributed by atoms with Crippen LogP contribution in [-0.2, 0) is 17.4 Å². The second kappa shape index (κ2) is 8.55. The summed E-state index contributed by atoms with van der Waals surface area (Å²) in [4.78, 5) is 0. The minimum absolute atomic E-state index is 0. The average molecular weight is 198 g/mol. The van der Waals surface area contributed by atoms with E-state index in [1.54, 1.807) is 0 Å². The van der Waals surface area contributed by atoms with Crippen molar-refractivity contribution < 1.29 is 27.6 Å². The van der Waals surface area contributed by atoms with Crippen LogP contribution in [0.4, 0.5) is 0 Å². The average Bonchev–Trinajstić information content (AvgIpc) is 1.91. The van der Waals surface area contributed by atoms with Gasteiger partial charge in [0.05, 0.1) is 6.10 Å². The Labute approximate surface area is 79.8 Å². The van der Waals surface area contributed by atoms with Crippen LogP contribution in [0.2, 0.25) is 0 Å². The van der Waals surface area contributed by atoms with Gasteiger partial charge in [0.25, 0.3) is 0 Å². The Kier molecular flexibility index (Phi) is 10.9. The van der Waals surface area contributed by atoms with Crippen LogP contribution in [-0.4, -0.2) is 22.9 Å². The van der Waals surface area contributed by atoms with Crippen LogP contribution < -0.4 is 0 Å². The van der Waals surface area contributed by atoms with Crippen LogP contribution in [0.15, 0.2) is 0 Å². The van der Waals surface area contributed by atoms with Gasteiger partial charge < -0.3 is 10.2 Å². The summed E-state index contributed by atoms with van der Waals surface area (Å²) in [6, 6.07) is 0. The van der Waals surface area contributed by atoms with Gasteiger partial charge in [0.2, 0.25) is 0 Å². The maximum Gasteiger partial charge on any atom is 0.0590 e. The molecule has 0 saturated heterocycles. The molecule has 2 nitrogen and oxygen atoms in total. The molecule has 0 spiro atoms. The fraction of sp³-hybridized carbons (Fsp3) is 1.00. The molecule has 0 aromatic heterocycles. The van der Waals surface area contributed by atoms with Crippen LogP contribution in [0.5, 0.6) is 0 Å². The van der Waals surface area contributed by atoms with Crippen molar-refractivity contribution >= 4 is 0 Å². The minimum atomic E-state index is -0.306. The zero-order valence-corrected chi connectivity index (χ0v) is 8.56. The molecule has 0 aliphatic carbocycles. The number of aliphatic hydroxyl groups is 2. The molecule has 11 heavy (non-hydrogen) atoms. The molecule has 68 valence electrons. The molecule has 0 aliphatic rings. The quantitative estimate of drug-likeness (QED) is 0.696. The topological polar surface area (TPSA) is 40.5 Å². The summed E-state index contributed by atoms with van der Waals surface area (Å²) in [6.07, 6.45) is 2.34. The Hall–Kier alpha value is 0.452. The van der Waals surface area contributed by atoms with Crippen LogP contribution in [0.1, 0.15) is 33.1 Å². The first-order valence-electron chi connectivity index (χ1n) is 4.05. The first-order valence-corrected chi connectivity index (χ1v) is 4.05. The van der Waals surface area contributed by atoms with Crippen molar-refractivity contribution in [3.63, 3.8) is 0 Å². The van der Waals surface area contributed by atoms with Gasteiger partial charge in [-0.3, -0.25) is 0 Å². The molecule has 0 rings (SSSR count). The Morgan fingerprint density at radius 3 is 2.09 bits per heavy atom. The van der Waals surface area contributed by atoms with Crippen LogP contribution in [0, 0.1) is 5.92 Å². The van der Waals surface area contributed by atoms with E-state index in [4.69, 9.17) is 5.11 Å². The van der Waals surface area contributed by atoms with Crippen molar-refractivity contribution in [2.24, 2.45) is 5.92 Å². The van der Waals surface area contributed by atoms with E-state index < -0.39 is 0 Å². The molecule has 0 fully saturated rings. The van der Waals surface area contributed by atoms with Gasteiger partial charge in [-0.25, -0.2) is 0 Å². The molecule has 3 heteroatoms. The van der Waals surface area contributed by atoms with E-state index in [1.807, 2.05) is 13.8 Å². The number of rotatable bonds is 5. The zero-order valence-electron chi connectivity index (χ0n) is 7.29. The van der Waals surface area contributed by atoms with E-state index in [0.717, 1.165) is 19.3 Å². The number of hydrogen-bond donors (Lipinski definition) is 2. The Morgan fingerprint density at radius 1 is 1.27 bits per heavy atom. The molecule has 0 heterocycles. The third-order valence-electron chi connectivity index (χ3n) is 1.89. The van der Waals surface area contributed by atoms with E-state index in [0.29, 0.717) is 0 Å². The molecule has 2 N–H and O–H groups in total.